The number of aliphatic hydroxyl groups is 1. The molecule has 1 amide bonds. The van der Waals surface area contributed by atoms with E-state index in [0.717, 1.165) is 48.4 Å². The fourth-order valence-corrected chi connectivity index (χ4v) is 4.98. The lowest BCUT2D eigenvalue weighted by Crippen LogP contribution is -2.53. The molecule has 40 heavy (non-hydrogen) atoms. The SMILES string of the molecule is C=C(C)/C=C(/Cl)CC(=O)NC1(C)CCN(c2ccc(-c3cc(OCC(C)(C)O)cn4ncc(C#N)c34)cn2)CC1. The second-order valence-electron chi connectivity index (χ2n) is 11.3. The van der Waals surface area contributed by atoms with Crippen molar-refractivity contribution < 1.29 is 14.6 Å². The van der Waals surface area contributed by atoms with Crippen LogP contribution < -0.4 is 15.0 Å². The monoisotopic (exact) mass is 562 g/mol. The Morgan fingerprint density at radius 3 is 2.67 bits per heavy atom. The van der Waals surface area contributed by atoms with Crippen molar-refractivity contribution in [3.8, 4) is 22.9 Å². The van der Waals surface area contributed by atoms with E-state index >= 15 is 0 Å². The number of ether oxygens (including phenoxy) is 1. The van der Waals surface area contributed by atoms with Gasteiger partial charge in [0.25, 0.3) is 0 Å². The van der Waals surface area contributed by atoms with Crippen LogP contribution in [0.2, 0.25) is 0 Å². The van der Waals surface area contributed by atoms with Crippen LogP contribution in [0.5, 0.6) is 5.75 Å². The number of hydrogen-bond acceptors (Lipinski definition) is 7. The smallest absolute Gasteiger partial charge is 0.225 e. The molecule has 0 aromatic carbocycles. The molecule has 3 aromatic heterocycles. The van der Waals surface area contributed by atoms with Crippen molar-refractivity contribution in [2.45, 2.75) is 58.1 Å². The molecule has 1 aliphatic rings. The molecule has 1 aliphatic heterocycles. The Morgan fingerprint density at radius 1 is 1.35 bits per heavy atom. The molecule has 1 saturated heterocycles. The van der Waals surface area contributed by atoms with E-state index in [4.69, 9.17) is 21.3 Å². The number of nitrogens with zero attached hydrogens (tertiary/aromatic N) is 5. The number of allylic oxidation sites excluding steroid dienone is 2. The van der Waals surface area contributed by atoms with Gasteiger partial charge in [0.1, 0.15) is 24.2 Å². The number of carbonyl (C=O) groups excluding carboxylic acids is 1. The van der Waals surface area contributed by atoms with Crippen molar-refractivity contribution >= 4 is 28.8 Å². The summed E-state index contributed by atoms with van der Waals surface area (Å²) in [5.41, 5.74) is 2.17. The summed E-state index contributed by atoms with van der Waals surface area (Å²) in [5.74, 6) is 1.26. The summed E-state index contributed by atoms with van der Waals surface area (Å²) in [7, 11) is 0. The second-order valence-corrected chi connectivity index (χ2v) is 11.8. The van der Waals surface area contributed by atoms with Gasteiger partial charge in [-0.25, -0.2) is 9.50 Å². The third-order valence-corrected chi connectivity index (χ3v) is 6.97. The van der Waals surface area contributed by atoms with Crippen LogP contribution in [-0.2, 0) is 4.79 Å². The topological polar surface area (TPSA) is 116 Å². The third kappa shape index (κ3) is 7.20. The highest BCUT2D eigenvalue weighted by Gasteiger charge is 2.32. The van der Waals surface area contributed by atoms with Gasteiger partial charge in [-0.15, -0.1) is 0 Å². The van der Waals surface area contributed by atoms with Crippen LogP contribution in [0.4, 0.5) is 5.82 Å². The number of aromatic nitrogens is 3. The van der Waals surface area contributed by atoms with Gasteiger partial charge in [-0.2, -0.15) is 10.4 Å². The largest absolute Gasteiger partial charge is 0.489 e. The first kappa shape index (κ1) is 29.1. The molecule has 0 unspecified atom stereocenters. The quantitative estimate of drug-likeness (QED) is 0.353. The molecule has 2 N–H and O–H groups in total. The zero-order chi connectivity index (χ0) is 29.1. The summed E-state index contributed by atoms with van der Waals surface area (Å²) in [6.45, 7) is 12.6. The average Bonchev–Trinajstić information content (AvgIpc) is 3.29. The summed E-state index contributed by atoms with van der Waals surface area (Å²) in [5, 5.41) is 27.6. The lowest BCUT2D eigenvalue weighted by Gasteiger charge is -2.40. The van der Waals surface area contributed by atoms with E-state index in [2.05, 4.69) is 34.9 Å². The van der Waals surface area contributed by atoms with Crippen molar-refractivity contribution in [3.63, 3.8) is 0 Å². The molecule has 0 saturated carbocycles. The molecular formula is C30H35ClN6O3. The average molecular weight is 563 g/mol. The van der Waals surface area contributed by atoms with Crippen LogP contribution in [-0.4, -0.2) is 56.4 Å². The maximum Gasteiger partial charge on any atom is 0.225 e. The highest BCUT2D eigenvalue weighted by Crippen LogP contribution is 2.32. The molecule has 0 atom stereocenters. The van der Waals surface area contributed by atoms with Gasteiger partial charge in [-0.1, -0.05) is 23.8 Å². The summed E-state index contributed by atoms with van der Waals surface area (Å²) >= 11 is 6.16. The fraction of sp³-hybridized carbons (Fsp3) is 0.400. The Balaban J connectivity index is 1.48. The molecule has 9 nitrogen and oxygen atoms in total. The number of nitriles is 1. The Morgan fingerprint density at radius 2 is 2.08 bits per heavy atom. The maximum absolute atomic E-state index is 12.5. The van der Waals surface area contributed by atoms with E-state index in [1.807, 2.05) is 25.1 Å². The molecule has 3 aromatic rings. The lowest BCUT2D eigenvalue weighted by molar-refractivity contribution is -0.122. The summed E-state index contributed by atoms with van der Waals surface area (Å²) in [6, 6.07) is 7.97. The van der Waals surface area contributed by atoms with Gasteiger partial charge in [-0.05, 0) is 64.8 Å². The number of hydrogen-bond donors (Lipinski definition) is 2. The Bertz CT molecular complexity index is 1470. The van der Waals surface area contributed by atoms with Gasteiger partial charge in [0.2, 0.25) is 5.91 Å². The number of anilines is 1. The highest BCUT2D eigenvalue weighted by atomic mass is 35.5. The number of amides is 1. The zero-order valence-corrected chi connectivity index (χ0v) is 24.1. The van der Waals surface area contributed by atoms with Gasteiger partial charge in [0, 0.05) is 41.0 Å². The lowest BCUT2D eigenvalue weighted by atomic mass is 9.89. The fourth-order valence-electron chi connectivity index (χ4n) is 4.68. The normalized spacial score (nSPS) is 15.5. The molecule has 0 radical (unpaired) electrons. The second kappa shape index (κ2) is 11.7. The van der Waals surface area contributed by atoms with Crippen molar-refractivity contribution in [1.82, 2.24) is 19.9 Å². The van der Waals surface area contributed by atoms with Crippen LogP contribution in [0, 0.1) is 11.3 Å². The third-order valence-electron chi connectivity index (χ3n) is 6.72. The number of halogens is 1. The zero-order valence-electron chi connectivity index (χ0n) is 23.4. The van der Waals surface area contributed by atoms with Gasteiger partial charge in [0.05, 0.1) is 35.5 Å². The minimum atomic E-state index is -0.998. The number of rotatable bonds is 9. The van der Waals surface area contributed by atoms with E-state index < -0.39 is 5.60 Å². The van der Waals surface area contributed by atoms with Crippen LogP contribution in [0.25, 0.3) is 16.6 Å². The summed E-state index contributed by atoms with van der Waals surface area (Å²) in [4.78, 5) is 19.5. The van der Waals surface area contributed by atoms with E-state index in [-0.39, 0.29) is 24.5 Å². The number of nitrogens with one attached hydrogen (secondary N) is 1. The minimum Gasteiger partial charge on any atom is -0.489 e. The molecule has 0 spiro atoms. The predicted octanol–water partition coefficient (Wildman–Crippen LogP) is 4.98. The van der Waals surface area contributed by atoms with Gasteiger partial charge in [-0.3, -0.25) is 4.79 Å². The number of piperidine rings is 1. The predicted molar refractivity (Wildman–Crippen MR) is 156 cm³/mol. The molecule has 10 heteroatoms. The Kier molecular flexibility index (Phi) is 8.52. The minimum absolute atomic E-state index is 0.0994. The molecule has 0 bridgehead atoms. The van der Waals surface area contributed by atoms with Crippen LogP contribution >= 0.6 is 11.6 Å². The number of fused-ring (bicyclic) bond motifs is 1. The molecule has 1 fully saturated rings. The van der Waals surface area contributed by atoms with E-state index in [1.54, 1.807) is 36.8 Å². The molecule has 210 valence electrons. The Hall–Kier alpha value is -3.87. The molecule has 4 rings (SSSR count). The van der Waals surface area contributed by atoms with Crippen molar-refractivity contribution in [2.24, 2.45) is 0 Å². The first-order valence-electron chi connectivity index (χ1n) is 13.2. The van der Waals surface area contributed by atoms with Gasteiger partial charge >= 0.3 is 0 Å². The van der Waals surface area contributed by atoms with Gasteiger partial charge < -0.3 is 20.1 Å². The molecule has 0 aliphatic carbocycles. The van der Waals surface area contributed by atoms with Crippen molar-refractivity contribution in [3.05, 3.63) is 65.6 Å². The number of pyridine rings is 2. The van der Waals surface area contributed by atoms with Crippen LogP contribution in [0.1, 0.15) is 52.5 Å². The van der Waals surface area contributed by atoms with Crippen molar-refractivity contribution in [2.75, 3.05) is 24.6 Å². The van der Waals surface area contributed by atoms with E-state index in [0.29, 0.717) is 21.9 Å². The highest BCUT2D eigenvalue weighted by molar-refractivity contribution is 6.31. The van der Waals surface area contributed by atoms with Gasteiger partial charge in [0.15, 0.2) is 0 Å². The molecule has 4 heterocycles. The van der Waals surface area contributed by atoms with Crippen LogP contribution in [0.3, 0.4) is 0 Å². The number of carbonyl (C=O) groups is 1. The first-order valence-corrected chi connectivity index (χ1v) is 13.5. The Labute approximate surface area is 239 Å². The van der Waals surface area contributed by atoms with Crippen molar-refractivity contribution in [1.29, 1.82) is 5.26 Å². The summed E-state index contributed by atoms with van der Waals surface area (Å²) < 4.78 is 7.43. The molecular weight excluding hydrogens is 528 g/mol. The van der Waals surface area contributed by atoms with E-state index in [9.17, 15) is 15.2 Å². The summed E-state index contributed by atoms with van der Waals surface area (Å²) in [6.07, 6.45) is 8.39. The standard InChI is InChI=1S/C30H35ClN6O3/c1-20(2)12-23(31)13-27(38)35-30(5)8-10-36(11-9-30)26-7-6-21(16-33-26)25-14-24(40-19-29(3,4)39)18-37-28(25)22(15-32)17-34-37/h6-7,12,14,16-18,39H,1,8-11,13,19H2,2-5H3,(H,35,38)/b23-12+. The van der Waals surface area contributed by atoms with E-state index in [1.165, 1.54) is 6.20 Å². The first-order chi connectivity index (χ1) is 18.9. The van der Waals surface area contributed by atoms with Crippen LogP contribution in [0.15, 0.2) is 60.0 Å². The maximum atomic E-state index is 12.5.